The minimum atomic E-state index is -0.126. The molecule has 0 bridgehead atoms. The minimum Gasteiger partial charge on any atom is -0.351 e. The number of nitrogens with zero attached hydrogens (tertiary/aromatic N) is 4. The maximum Gasteiger partial charge on any atom is 0.252 e. The van der Waals surface area contributed by atoms with E-state index in [1.54, 1.807) is 6.33 Å². The highest BCUT2D eigenvalue weighted by atomic mass is 16.1. The van der Waals surface area contributed by atoms with Crippen LogP contribution in [-0.2, 0) is 7.05 Å². The van der Waals surface area contributed by atoms with Crippen LogP contribution in [0.15, 0.2) is 79.1 Å². The molecule has 0 aliphatic heterocycles. The van der Waals surface area contributed by atoms with Crippen LogP contribution in [0.3, 0.4) is 0 Å². The SMILES string of the molecule is CC(CNC(=O)c1cc(-c2cccc3ccccc23)nc2ccccc12)c1nncn1C. The van der Waals surface area contributed by atoms with Gasteiger partial charge in [0.15, 0.2) is 0 Å². The Labute approximate surface area is 185 Å². The highest BCUT2D eigenvalue weighted by Gasteiger charge is 2.17. The Balaban J connectivity index is 1.54. The average molecular weight is 422 g/mol. The summed E-state index contributed by atoms with van der Waals surface area (Å²) in [6, 6.07) is 24.0. The van der Waals surface area contributed by atoms with Crippen LogP contribution in [0, 0.1) is 0 Å². The number of nitrogens with one attached hydrogen (secondary N) is 1. The lowest BCUT2D eigenvalue weighted by Crippen LogP contribution is -2.28. The number of carbonyl (C=O) groups excluding carboxylic acids is 1. The van der Waals surface area contributed by atoms with Gasteiger partial charge < -0.3 is 9.88 Å². The second-order valence-corrected chi connectivity index (χ2v) is 8.01. The number of fused-ring (bicyclic) bond motifs is 2. The van der Waals surface area contributed by atoms with Crippen molar-refractivity contribution < 1.29 is 4.79 Å². The molecule has 0 aliphatic carbocycles. The number of hydrogen-bond donors (Lipinski definition) is 1. The Morgan fingerprint density at radius 1 is 1.00 bits per heavy atom. The van der Waals surface area contributed by atoms with Gasteiger partial charge >= 0.3 is 0 Å². The quantitative estimate of drug-likeness (QED) is 0.446. The normalized spacial score (nSPS) is 12.2. The summed E-state index contributed by atoms with van der Waals surface area (Å²) in [6.07, 6.45) is 1.67. The molecule has 1 unspecified atom stereocenters. The van der Waals surface area contributed by atoms with Crippen LogP contribution in [0.4, 0.5) is 0 Å². The fourth-order valence-electron chi connectivity index (χ4n) is 4.12. The van der Waals surface area contributed by atoms with Crippen LogP contribution in [0.1, 0.15) is 29.0 Å². The van der Waals surface area contributed by atoms with E-state index >= 15 is 0 Å². The number of pyridine rings is 1. The fourth-order valence-corrected chi connectivity index (χ4v) is 4.12. The topological polar surface area (TPSA) is 72.7 Å². The number of rotatable bonds is 5. The van der Waals surface area contributed by atoms with E-state index in [-0.39, 0.29) is 11.8 Å². The Kier molecular flexibility index (Phi) is 5.11. The number of aryl methyl sites for hydroxylation is 1. The summed E-state index contributed by atoms with van der Waals surface area (Å²) in [6.45, 7) is 2.49. The molecule has 0 saturated heterocycles. The van der Waals surface area contributed by atoms with E-state index in [9.17, 15) is 4.79 Å². The molecular weight excluding hydrogens is 398 g/mol. The average Bonchev–Trinajstić information content (AvgIpc) is 3.27. The fraction of sp³-hybridized carbons (Fsp3) is 0.154. The van der Waals surface area contributed by atoms with E-state index in [1.807, 2.05) is 67.1 Å². The van der Waals surface area contributed by atoms with Gasteiger partial charge in [-0.15, -0.1) is 10.2 Å². The highest BCUT2D eigenvalue weighted by molar-refractivity contribution is 6.08. The van der Waals surface area contributed by atoms with Crippen molar-refractivity contribution in [3.8, 4) is 11.3 Å². The van der Waals surface area contributed by atoms with Crippen molar-refractivity contribution in [3.05, 3.63) is 90.5 Å². The van der Waals surface area contributed by atoms with Crippen LogP contribution < -0.4 is 5.32 Å². The summed E-state index contributed by atoms with van der Waals surface area (Å²) in [7, 11) is 1.90. The molecular formula is C26H23N5O. The molecule has 5 aromatic rings. The van der Waals surface area contributed by atoms with Gasteiger partial charge in [0.25, 0.3) is 5.91 Å². The smallest absolute Gasteiger partial charge is 0.252 e. The van der Waals surface area contributed by atoms with Gasteiger partial charge in [-0.2, -0.15) is 0 Å². The summed E-state index contributed by atoms with van der Waals surface area (Å²) in [4.78, 5) is 18.2. The first-order chi connectivity index (χ1) is 15.6. The third-order valence-corrected chi connectivity index (χ3v) is 5.78. The molecule has 6 heteroatoms. The van der Waals surface area contributed by atoms with Crippen molar-refractivity contribution >= 4 is 27.6 Å². The van der Waals surface area contributed by atoms with Crippen LogP contribution in [0.25, 0.3) is 32.9 Å². The standard InChI is InChI=1S/C26H23N5O/c1-17(25-30-28-16-31(25)2)15-27-26(32)22-14-24(29-23-13-6-5-11-21(22)23)20-12-7-9-18-8-3-4-10-19(18)20/h3-14,16-17H,15H2,1-2H3,(H,27,32). The lowest BCUT2D eigenvalue weighted by atomic mass is 9.99. The van der Waals surface area contributed by atoms with E-state index in [1.165, 1.54) is 0 Å². The van der Waals surface area contributed by atoms with Crippen molar-refractivity contribution in [1.82, 2.24) is 25.1 Å². The molecule has 0 saturated carbocycles. The van der Waals surface area contributed by atoms with Crippen molar-refractivity contribution in [2.45, 2.75) is 12.8 Å². The molecule has 0 fully saturated rings. The second kappa shape index (κ2) is 8.23. The maximum absolute atomic E-state index is 13.3. The molecule has 1 N–H and O–H groups in total. The van der Waals surface area contributed by atoms with Crippen molar-refractivity contribution in [1.29, 1.82) is 0 Å². The highest BCUT2D eigenvalue weighted by Crippen LogP contribution is 2.30. The number of hydrogen-bond acceptors (Lipinski definition) is 4. The summed E-state index contributed by atoms with van der Waals surface area (Å²) >= 11 is 0. The van der Waals surface area contributed by atoms with E-state index < -0.39 is 0 Å². The molecule has 6 nitrogen and oxygen atoms in total. The molecule has 5 rings (SSSR count). The third-order valence-electron chi connectivity index (χ3n) is 5.78. The van der Waals surface area contributed by atoms with Crippen LogP contribution in [-0.4, -0.2) is 32.2 Å². The first-order valence-electron chi connectivity index (χ1n) is 10.6. The van der Waals surface area contributed by atoms with Gasteiger partial charge in [0.2, 0.25) is 0 Å². The van der Waals surface area contributed by atoms with E-state index in [0.29, 0.717) is 12.1 Å². The summed E-state index contributed by atoms with van der Waals surface area (Å²) in [5.41, 5.74) is 3.20. The summed E-state index contributed by atoms with van der Waals surface area (Å²) in [5.74, 6) is 0.748. The van der Waals surface area contributed by atoms with Gasteiger partial charge in [0.1, 0.15) is 12.2 Å². The zero-order chi connectivity index (χ0) is 22.1. The number of para-hydroxylation sites is 1. The Bertz CT molecular complexity index is 1430. The van der Waals surface area contributed by atoms with Gasteiger partial charge in [-0.25, -0.2) is 4.98 Å². The molecule has 32 heavy (non-hydrogen) atoms. The Morgan fingerprint density at radius 2 is 1.75 bits per heavy atom. The lowest BCUT2D eigenvalue weighted by Gasteiger charge is -2.14. The molecule has 2 heterocycles. The molecule has 158 valence electrons. The molecule has 1 amide bonds. The van der Waals surface area contributed by atoms with Gasteiger partial charge in [-0.3, -0.25) is 4.79 Å². The number of benzene rings is 3. The lowest BCUT2D eigenvalue weighted by molar-refractivity contribution is 0.0953. The summed E-state index contributed by atoms with van der Waals surface area (Å²) in [5, 5.41) is 14.2. The van der Waals surface area contributed by atoms with E-state index in [4.69, 9.17) is 4.98 Å². The molecule has 2 aromatic heterocycles. The third kappa shape index (κ3) is 3.60. The molecule has 1 atom stereocenters. The predicted octanol–water partition coefficient (Wildman–Crippen LogP) is 4.72. The molecule has 0 radical (unpaired) electrons. The first kappa shape index (κ1) is 19.9. The Morgan fingerprint density at radius 3 is 2.56 bits per heavy atom. The number of carbonyl (C=O) groups is 1. The van der Waals surface area contributed by atoms with Gasteiger partial charge in [0, 0.05) is 30.5 Å². The monoisotopic (exact) mass is 421 g/mol. The van der Waals surface area contributed by atoms with Crippen molar-refractivity contribution in [3.63, 3.8) is 0 Å². The minimum absolute atomic E-state index is 0.0390. The van der Waals surface area contributed by atoms with Gasteiger partial charge in [-0.05, 0) is 22.9 Å². The van der Waals surface area contributed by atoms with Gasteiger partial charge in [-0.1, -0.05) is 67.6 Å². The second-order valence-electron chi connectivity index (χ2n) is 8.01. The molecule has 3 aromatic carbocycles. The zero-order valence-corrected chi connectivity index (χ0v) is 18.0. The van der Waals surface area contributed by atoms with Crippen molar-refractivity contribution in [2.24, 2.45) is 7.05 Å². The molecule has 0 spiro atoms. The van der Waals surface area contributed by atoms with Crippen LogP contribution >= 0.6 is 0 Å². The van der Waals surface area contributed by atoms with Crippen LogP contribution in [0.2, 0.25) is 0 Å². The number of amides is 1. The largest absolute Gasteiger partial charge is 0.351 e. The summed E-state index contributed by atoms with van der Waals surface area (Å²) < 4.78 is 1.87. The van der Waals surface area contributed by atoms with Crippen molar-refractivity contribution in [2.75, 3.05) is 6.54 Å². The maximum atomic E-state index is 13.3. The Hall–Kier alpha value is -4.06. The zero-order valence-electron chi connectivity index (χ0n) is 18.0. The molecule has 0 aliphatic rings. The first-order valence-corrected chi connectivity index (χ1v) is 10.6. The van der Waals surface area contributed by atoms with Gasteiger partial charge in [0.05, 0.1) is 16.8 Å². The predicted molar refractivity (Wildman–Crippen MR) is 126 cm³/mol. The number of aromatic nitrogens is 4. The van der Waals surface area contributed by atoms with E-state index in [2.05, 4.69) is 39.8 Å². The van der Waals surface area contributed by atoms with Crippen LogP contribution in [0.5, 0.6) is 0 Å². The van der Waals surface area contributed by atoms with E-state index in [0.717, 1.165) is 38.8 Å².